The molecule has 35 nitrogen and oxygen atoms in total. The molecule has 660 valence electrons. The third-order valence-electron chi connectivity index (χ3n) is 16.5. The van der Waals surface area contributed by atoms with Gasteiger partial charge in [0.05, 0.1) is 342 Å². The Morgan fingerprint density at radius 2 is 0.478 bits per heavy atom. The van der Waals surface area contributed by atoms with Crippen LogP contribution in [0.25, 0.3) is 0 Å². The molecule has 2 fully saturated rings. The summed E-state index contributed by atoms with van der Waals surface area (Å²) in [4.78, 5) is 67.9. The van der Waals surface area contributed by atoms with E-state index >= 15 is 0 Å². The molecular formula is C78H139NO34. The van der Waals surface area contributed by atoms with Crippen LogP contribution in [-0.2, 0) is 157 Å². The Morgan fingerprint density at radius 3 is 0.690 bits per heavy atom. The van der Waals surface area contributed by atoms with Crippen LogP contribution in [0.5, 0.6) is 0 Å². The van der Waals surface area contributed by atoms with E-state index in [0.717, 1.165) is 0 Å². The number of hydrogen-bond acceptors (Lipinski definition) is 34. The fourth-order valence-electron chi connectivity index (χ4n) is 11.1. The van der Waals surface area contributed by atoms with Gasteiger partial charge in [-0.3, -0.25) is 19.2 Å². The number of rotatable bonds is 82. The van der Waals surface area contributed by atoms with E-state index < -0.39 is 82.9 Å². The van der Waals surface area contributed by atoms with Crippen LogP contribution in [-0.4, -0.2) is 388 Å². The minimum Gasteiger partial charge on any atom is -0.469 e. The number of ether oxygens (including phenoxy) is 29. The van der Waals surface area contributed by atoms with Crippen molar-refractivity contribution in [3.05, 3.63) is 37.0 Å². The number of esters is 4. The number of amides is 1. The Kier molecular flexibility index (Phi) is 70.4. The van der Waals surface area contributed by atoms with Gasteiger partial charge >= 0.3 is 30.0 Å². The fraction of sp³-hybridized carbons (Fsp3) is 0.859. The molecule has 8 unspecified atom stereocenters. The van der Waals surface area contributed by atoms with Crippen LogP contribution >= 0.6 is 0 Å². The summed E-state index contributed by atoms with van der Waals surface area (Å²) in [6.07, 6.45) is 8.64. The zero-order valence-electron chi connectivity index (χ0n) is 68.7. The molecule has 1 amide bonds. The van der Waals surface area contributed by atoms with Crippen LogP contribution < -0.4 is 5.32 Å². The smallest absolute Gasteiger partial charge is 0.407 e. The minimum absolute atomic E-state index is 0.0263. The molecule has 113 heavy (non-hydrogen) atoms. The Balaban J connectivity index is 1.73. The van der Waals surface area contributed by atoms with Gasteiger partial charge in [0.15, 0.2) is 0 Å². The average molecular weight is 1630 g/mol. The third-order valence-corrected chi connectivity index (χ3v) is 16.5. The monoisotopic (exact) mass is 1630 g/mol. The SMILES string of the molecule is C=CC1CC(/C=C/C2CC(/C=C/CNC(=O)OC(C)(C)C)C(C(=O)OCCOCCOCCOCCOCCOCCOCCOCCOCCOCCOCCOCCOC)C2C(=O)OCCOCCOCCOCCOCCOCCOCCOCCOCCOCCOCCOCCOC)C(C(=O)OC)C1C(=O)OC. The van der Waals surface area contributed by atoms with Gasteiger partial charge in [0.2, 0.25) is 0 Å². The molecule has 0 aliphatic heterocycles. The van der Waals surface area contributed by atoms with Crippen molar-refractivity contribution in [1.82, 2.24) is 5.32 Å². The highest BCUT2D eigenvalue weighted by Gasteiger charge is 2.53. The quantitative estimate of drug-likeness (QED) is 0.0393. The lowest BCUT2D eigenvalue weighted by Crippen LogP contribution is -2.35. The second kappa shape index (κ2) is 76.1. The van der Waals surface area contributed by atoms with Crippen LogP contribution in [0.2, 0.25) is 0 Å². The van der Waals surface area contributed by atoms with Crippen LogP contribution in [0.1, 0.15) is 33.6 Å². The van der Waals surface area contributed by atoms with Crippen molar-refractivity contribution in [3.63, 3.8) is 0 Å². The van der Waals surface area contributed by atoms with Crippen molar-refractivity contribution >= 4 is 30.0 Å². The second-order valence-electron chi connectivity index (χ2n) is 26.0. The number of carbonyl (C=O) groups excluding carboxylic acids is 5. The van der Waals surface area contributed by atoms with Gasteiger partial charge in [0, 0.05) is 20.8 Å². The third kappa shape index (κ3) is 58.8. The molecule has 0 aromatic rings. The van der Waals surface area contributed by atoms with Crippen LogP contribution in [0.4, 0.5) is 4.79 Å². The van der Waals surface area contributed by atoms with Crippen molar-refractivity contribution in [2.24, 2.45) is 47.3 Å². The minimum atomic E-state index is -1.08. The van der Waals surface area contributed by atoms with Gasteiger partial charge < -0.3 is 143 Å². The number of methoxy groups -OCH3 is 4. The fourth-order valence-corrected chi connectivity index (χ4v) is 11.1. The molecule has 0 saturated heterocycles. The van der Waals surface area contributed by atoms with Gasteiger partial charge in [-0.1, -0.05) is 30.4 Å². The summed E-state index contributed by atoms with van der Waals surface area (Å²) in [5.74, 6) is -8.64. The number of hydrogen-bond donors (Lipinski definition) is 1. The first-order valence-corrected chi connectivity index (χ1v) is 39.4. The van der Waals surface area contributed by atoms with Gasteiger partial charge in [-0.25, -0.2) is 4.79 Å². The van der Waals surface area contributed by atoms with E-state index in [2.05, 4.69) is 11.9 Å². The van der Waals surface area contributed by atoms with E-state index in [-0.39, 0.29) is 65.8 Å². The molecule has 8 atom stereocenters. The van der Waals surface area contributed by atoms with E-state index in [9.17, 15) is 24.0 Å². The van der Waals surface area contributed by atoms with Crippen LogP contribution in [0.3, 0.4) is 0 Å². The predicted molar refractivity (Wildman–Crippen MR) is 408 cm³/mol. The molecule has 2 aliphatic rings. The maximum atomic E-state index is 14.5. The molecule has 2 saturated carbocycles. The standard InChI is InChI=1S/C78H139NO34/c1-9-65-63-67(70(74(81)88-8)69(65)73(80)87-7)12-13-68-64-66(11-10-14-79-77(84)113-78(2,3)4)71(75(82)111-61-59-109-57-55-107-53-51-105-49-47-103-45-43-101-41-39-99-37-35-97-33-31-95-29-27-93-25-23-91-21-19-89-17-15-85-5)72(68)76(83)112-62-60-110-58-56-108-54-52-106-50-48-104-46-44-102-42-40-100-38-36-98-34-32-96-30-28-94-26-24-92-22-20-90-18-16-86-6/h9-13,65-72H,1,14-64H2,2-8H3,(H,79,84)/b11-10+,13-12+. The maximum absolute atomic E-state index is 14.5. The number of allylic oxidation sites excluding steroid dienone is 4. The summed E-state index contributed by atoms with van der Waals surface area (Å²) in [7, 11) is 5.77. The number of alkyl carbamates (subject to hydrolysis) is 1. The molecule has 2 aliphatic carbocycles. The van der Waals surface area contributed by atoms with Gasteiger partial charge in [-0.2, -0.15) is 0 Å². The van der Waals surface area contributed by atoms with Crippen LogP contribution in [0, 0.1) is 47.3 Å². The normalized spacial score (nSPS) is 18.4. The topological polar surface area (TPSA) is 365 Å². The molecule has 0 spiro atoms. The van der Waals surface area contributed by atoms with Crippen molar-refractivity contribution in [3.8, 4) is 0 Å². The zero-order chi connectivity index (χ0) is 81.8. The summed E-state index contributed by atoms with van der Waals surface area (Å²) in [5, 5.41) is 2.69. The largest absolute Gasteiger partial charge is 0.469 e. The van der Waals surface area contributed by atoms with E-state index in [0.29, 0.717) is 271 Å². The van der Waals surface area contributed by atoms with Crippen molar-refractivity contribution in [2.75, 3.05) is 352 Å². The molecule has 2 rings (SSSR count). The second-order valence-corrected chi connectivity index (χ2v) is 26.0. The summed E-state index contributed by atoms with van der Waals surface area (Å²) < 4.78 is 159. The Hall–Kier alpha value is -4.59. The first kappa shape index (κ1) is 104. The van der Waals surface area contributed by atoms with E-state index in [1.165, 1.54) is 14.2 Å². The lowest BCUT2D eigenvalue weighted by molar-refractivity contribution is -0.162. The average Bonchev–Trinajstić information content (AvgIpc) is 1.64. The van der Waals surface area contributed by atoms with E-state index in [1.54, 1.807) is 65.4 Å². The molecule has 35 heteroatoms. The summed E-state index contributed by atoms with van der Waals surface area (Å²) in [6, 6.07) is 0. The van der Waals surface area contributed by atoms with E-state index in [1.807, 2.05) is 0 Å². The highest BCUT2D eigenvalue weighted by Crippen LogP contribution is 2.48. The highest BCUT2D eigenvalue weighted by atomic mass is 16.6. The molecule has 1 N–H and O–H groups in total. The van der Waals surface area contributed by atoms with Gasteiger partial charge in [-0.05, 0) is 57.3 Å². The molecule has 0 aromatic carbocycles. The predicted octanol–water partition coefficient (Wildman–Crippen LogP) is 3.64. The van der Waals surface area contributed by atoms with Gasteiger partial charge in [-0.15, -0.1) is 6.58 Å². The molecular weight excluding hydrogens is 1490 g/mol. The highest BCUT2D eigenvalue weighted by molar-refractivity contribution is 5.85. The Labute approximate surface area is 669 Å². The summed E-state index contributed by atoms with van der Waals surface area (Å²) in [6.45, 7) is 27.9. The lowest BCUT2D eigenvalue weighted by atomic mass is 9.84. The van der Waals surface area contributed by atoms with Gasteiger partial charge in [0.1, 0.15) is 18.8 Å². The number of carbonyl (C=O) groups is 5. The Bertz CT molecular complexity index is 2310. The van der Waals surface area contributed by atoms with Gasteiger partial charge in [0.25, 0.3) is 0 Å². The Morgan fingerprint density at radius 1 is 0.283 bits per heavy atom. The van der Waals surface area contributed by atoms with Crippen LogP contribution in [0.15, 0.2) is 37.0 Å². The first-order valence-electron chi connectivity index (χ1n) is 39.4. The van der Waals surface area contributed by atoms with Crippen molar-refractivity contribution < 1.29 is 161 Å². The lowest BCUT2D eigenvalue weighted by Gasteiger charge is -2.23. The molecule has 0 heterocycles. The van der Waals surface area contributed by atoms with Crippen molar-refractivity contribution in [1.29, 1.82) is 0 Å². The number of nitrogens with one attached hydrogen (secondary N) is 1. The zero-order valence-corrected chi connectivity index (χ0v) is 68.7. The first-order chi connectivity index (χ1) is 55.3. The summed E-state index contributed by atoms with van der Waals surface area (Å²) >= 11 is 0. The molecule has 0 aromatic heterocycles. The summed E-state index contributed by atoms with van der Waals surface area (Å²) in [5.41, 5.74) is -0.739. The van der Waals surface area contributed by atoms with Crippen molar-refractivity contribution in [2.45, 2.75) is 39.2 Å². The maximum Gasteiger partial charge on any atom is 0.407 e. The molecule has 0 radical (unpaired) electrons. The molecule has 0 bridgehead atoms. The van der Waals surface area contributed by atoms with E-state index in [4.69, 9.17) is 137 Å².